The highest BCUT2D eigenvalue weighted by molar-refractivity contribution is 6.01. The van der Waals surface area contributed by atoms with Crippen molar-refractivity contribution in [3.63, 3.8) is 0 Å². The van der Waals surface area contributed by atoms with Crippen LogP contribution in [0.15, 0.2) is 30.5 Å². The minimum absolute atomic E-state index is 0.128. The Balaban J connectivity index is 1.75. The van der Waals surface area contributed by atoms with Crippen LogP contribution in [0.4, 0.5) is 10.2 Å². The number of pyridine rings is 1. The summed E-state index contributed by atoms with van der Waals surface area (Å²) in [5.74, 6) is 0.0241. The summed E-state index contributed by atoms with van der Waals surface area (Å²) in [6.45, 7) is 1.11. The summed E-state index contributed by atoms with van der Waals surface area (Å²) < 4.78 is 16.2. The van der Waals surface area contributed by atoms with Crippen LogP contribution in [0, 0.1) is 17.1 Å². The molecule has 2 aliphatic rings. The zero-order valence-corrected chi connectivity index (χ0v) is 14.8. The maximum atomic E-state index is 14.6. The number of anilines is 1. The number of benzene rings is 1. The number of hydrogen-bond donors (Lipinski definition) is 2. The van der Waals surface area contributed by atoms with Gasteiger partial charge in [0.2, 0.25) is 0 Å². The number of nitriles is 1. The lowest BCUT2D eigenvalue weighted by atomic mass is 10.0. The molecular weight excluding hydrogens is 359 g/mol. The van der Waals surface area contributed by atoms with Crippen LogP contribution >= 0.6 is 0 Å². The number of carbonyl (C=O) groups is 1. The van der Waals surface area contributed by atoms with Crippen LogP contribution in [0.1, 0.15) is 33.6 Å². The van der Waals surface area contributed by atoms with Gasteiger partial charge in [0.05, 0.1) is 46.4 Å². The third kappa shape index (κ3) is 2.44. The van der Waals surface area contributed by atoms with E-state index in [2.05, 4.69) is 20.7 Å². The molecule has 8 heteroatoms. The maximum Gasteiger partial charge on any atom is 0.255 e. The summed E-state index contributed by atoms with van der Waals surface area (Å²) in [5, 5.41) is 20.0. The Kier molecular flexibility index (Phi) is 3.62. The van der Waals surface area contributed by atoms with E-state index in [0.717, 1.165) is 30.8 Å². The van der Waals surface area contributed by atoms with Crippen molar-refractivity contribution in [3.05, 3.63) is 58.7 Å². The fourth-order valence-electron chi connectivity index (χ4n) is 3.75. The predicted molar refractivity (Wildman–Crippen MR) is 99.4 cm³/mol. The van der Waals surface area contributed by atoms with Gasteiger partial charge in [-0.3, -0.25) is 4.79 Å². The molecule has 2 aromatic heterocycles. The van der Waals surface area contributed by atoms with E-state index < -0.39 is 5.82 Å². The normalized spacial score (nSPS) is 14.6. The summed E-state index contributed by atoms with van der Waals surface area (Å²) >= 11 is 0. The number of fused-ring (bicyclic) bond motifs is 2. The summed E-state index contributed by atoms with van der Waals surface area (Å²) in [7, 11) is 0. The first-order valence-electron chi connectivity index (χ1n) is 8.99. The van der Waals surface area contributed by atoms with Crippen molar-refractivity contribution in [2.75, 3.05) is 11.9 Å². The van der Waals surface area contributed by atoms with Crippen molar-refractivity contribution in [1.29, 1.82) is 5.26 Å². The molecule has 1 amide bonds. The molecule has 0 unspecified atom stereocenters. The number of aromatic nitrogens is 3. The van der Waals surface area contributed by atoms with Gasteiger partial charge in [-0.05, 0) is 31.0 Å². The largest absolute Gasteiger partial charge is 0.368 e. The second kappa shape index (κ2) is 6.16. The SMILES string of the molecule is N#Cc1cccc(F)c1-c1cc(-n2cc3c(n2)NCCC3)c2c(n1)CNC2=O. The Bertz CT molecular complexity index is 1150. The highest BCUT2D eigenvalue weighted by atomic mass is 19.1. The highest BCUT2D eigenvalue weighted by Gasteiger charge is 2.28. The smallest absolute Gasteiger partial charge is 0.255 e. The highest BCUT2D eigenvalue weighted by Crippen LogP contribution is 2.32. The van der Waals surface area contributed by atoms with Crippen molar-refractivity contribution >= 4 is 11.7 Å². The lowest BCUT2D eigenvalue weighted by molar-refractivity contribution is 0.0965. The van der Waals surface area contributed by atoms with E-state index >= 15 is 0 Å². The second-order valence-corrected chi connectivity index (χ2v) is 6.78. The topological polar surface area (TPSA) is 95.6 Å². The molecule has 4 heterocycles. The van der Waals surface area contributed by atoms with Crippen LogP contribution < -0.4 is 10.6 Å². The second-order valence-electron chi connectivity index (χ2n) is 6.78. The fraction of sp³-hybridized carbons (Fsp3) is 0.200. The molecule has 5 rings (SSSR count). The lowest BCUT2D eigenvalue weighted by Gasteiger charge is -2.11. The molecule has 7 nitrogen and oxygen atoms in total. The fourth-order valence-corrected chi connectivity index (χ4v) is 3.75. The number of nitrogens with zero attached hydrogens (tertiary/aromatic N) is 4. The molecule has 28 heavy (non-hydrogen) atoms. The average molecular weight is 374 g/mol. The first kappa shape index (κ1) is 16.4. The Morgan fingerprint density at radius 2 is 2.14 bits per heavy atom. The minimum Gasteiger partial charge on any atom is -0.368 e. The van der Waals surface area contributed by atoms with Gasteiger partial charge in [0.25, 0.3) is 5.91 Å². The summed E-state index contributed by atoms with van der Waals surface area (Å²) in [6, 6.07) is 7.98. The van der Waals surface area contributed by atoms with Crippen molar-refractivity contribution in [1.82, 2.24) is 20.1 Å². The molecule has 0 aliphatic carbocycles. The van der Waals surface area contributed by atoms with Crippen molar-refractivity contribution in [3.8, 4) is 23.0 Å². The van der Waals surface area contributed by atoms with Crippen LogP contribution in [0.2, 0.25) is 0 Å². The Labute approximate surface area is 159 Å². The standard InChI is InChI=1S/C20H15FN6O/c21-13-5-1-3-11(8-22)17(13)14-7-16(18-15(25-14)9-24-20(18)28)27-10-12-4-2-6-23-19(12)26-27/h1,3,5,7,10H,2,4,6,9H2,(H,23,26)(H,24,28). The summed E-state index contributed by atoms with van der Waals surface area (Å²) in [4.78, 5) is 16.9. The number of carbonyl (C=O) groups excluding carboxylic acids is 1. The molecular formula is C20H15FN6O. The van der Waals surface area contributed by atoms with E-state index in [1.165, 1.54) is 12.1 Å². The van der Waals surface area contributed by atoms with Gasteiger partial charge in [0.15, 0.2) is 5.82 Å². The van der Waals surface area contributed by atoms with E-state index in [4.69, 9.17) is 0 Å². The zero-order valence-electron chi connectivity index (χ0n) is 14.8. The minimum atomic E-state index is -0.531. The van der Waals surface area contributed by atoms with Crippen LogP contribution in [-0.2, 0) is 13.0 Å². The first-order valence-corrected chi connectivity index (χ1v) is 8.99. The Morgan fingerprint density at radius 1 is 1.25 bits per heavy atom. The number of halogens is 1. The molecule has 0 saturated carbocycles. The molecule has 138 valence electrons. The molecule has 3 aromatic rings. The maximum absolute atomic E-state index is 14.6. The number of aryl methyl sites for hydroxylation is 1. The van der Waals surface area contributed by atoms with E-state index in [-0.39, 0.29) is 23.6 Å². The van der Waals surface area contributed by atoms with Gasteiger partial charge in [-0.15, -0.1) is 0 Å². The number of rotatable bonds is 2. The van der Waals surface area contributed by atoms with Crippen LogP contribution in [0.3, 0.4) is 0 Å². The number of hydrogen-bond acceptors (Lipinski definition) is 5. The molecule has 1 aromatic carbocycles. The number of amides is 1. The Hall–Kier alpha value is -3.73. The van der Waals surface area contributed by atoms with Crippen molar-refractivity contribution in [2.24, 2.45) is 0 Å². The molecule has 0 saturated heterocycles. The zero-order chi connectivity index (χ0) is 19.3. The Morgan fingerprint density at radius 3 is 2.96 bits per heavy atom. The van der Waals surface area contributed by atoms with Crippen molar-refractivity contribution in [2.45, 2.75) is 19.4 Å². The molecule has 0 fully saturated rings. The van der Waals surface area contributed by atoms with E-state index in [9.17, 15) is 14.4 Å². The molecule has 0 radical (unpaired) electrons. The van der Waals surface area contributed by atoms with Gasteiger partial charge in [0.1, 0.15) is 5.82 Å². The summed E-state index contributed by atoms with van der Waals surface area (Å²) in [6.07, 6.45) is 3.80. The van der Waals surface area contributed by atoms with Crippen LogP contribution in [0.5, 0.6) is 0 Å². The van der Waals surface area contributed by atoms with Gasteiger partial charge >= 0.3 is 0 Å². The quantitative estimate of drug-likeness (QED) is 0.719. The molecule has 0 atom stereocenters. The third-order valence-corrected chi connectivity index (χ3v) is 5.06. The van der Waals surface area contributed by atoms with Gasteiger partial charge in [-0.25, -0.2) is 14.1 Å². The van der Waals surface area contributed by atoms with Gasteiger partial charge in [0, 0.05) is 18.3 Å². The summed E-state index contributed by atoms with van der Waals surface area (Å²) in [5.41, 5.74) is 3.17. The van der Waals surface area contributed by atoms with Gasteiger partial charge < -0.3 is 10.6 Å². The average Bonchev–Trinajstić information content (AvgIpc) is 3.31. The van der Waals surface area contributed by atoms with Crippen LogP contribution in [-0.4, -0.2) is 27.2 Å². The van der Waals surface area contributed by atoms with Crippen molar-refractivity contribution < 1.29 is 9.18 Å². The molecule has 2 aliphatic heterocycles. The van der Waals surface area contributed by atoms with E-state index in [1.807, 2.05) is 12.3 Å². The molecule has 2 N–H and O–H groups in total. The van der Waals surface area contributed by atoms with Gasteiger partial charge in [-0.1, -0.05) is 6.07 Å². The monoisotopic (exact) mass is 374 g/mol. The third-order valence-electron chi connectivity index (χ3n) is 5.06. The van der Waals surface area contributed by atoms with E-state index in [1.54, 1.807) is 16.8 Å². The van der Waals surface area contributed by atoms with Gasteiger partial charge in [-0.2, -0.15) is 10.4 Å². The molecule has 0 spiro atoms. The van der Waals surface area contributed by atoms with E-state index in [0.29, 0.717) is 22.6 Å². The first-order chi connectivity index (χ1) is 13.7. The lowest BCUT2D eigenvalue weighted by Crippen LogP contribution is -2.14. The molecule has 0 bridgehead atoms. The number of nitrogens with one attached hydrogen (secondary N) is 2. The van der Waals surface area contributed by atoms with Crippen LogP contribution in [0.25, 0.3) is 16.9 Å². The predicted octanol–water partition coefficient (Wildman–Crippen LogP) is 2.55.